The van der Waals surface area contributed by atoms with Crippen molar-refractivity contribution in [1.82, 2.24) is 15.3 Å². The summed E-state index contributed by atoms with van der Waals surface area (Å²) < 4.78 is 49.7. The Morgan fingerprint density at radius 2 is 1.81 bits per heavy atom. The van der Waals surface area contributed by atoms with Crippen LogP contribution in [0.4, 0.5) is 36.2 Å². The minimum absolute atomic E-state index is 0.00638. The molecule has 11 heteroatoms. The Kier molecular flexibility index (Phi) is 6.40. The summed E-state index contributed by atoms with van der Waals surface area (Å²) >= 11 is 0. The standard InChI is InChI=1S/C25H25F3N6O2/c1-14(2)34-21-10-15(9-18(27)24(21)36-13-22(34)35)23-19(28)12-30-25(32-23)31-16-3-4-20(17(26)11-16)33-7-5-29-6-8-33/h3-4,9-12,14,29H,5-8,13H2,1-2H3,(H,30,31,32). The molecule has 2 aliphatic rings. The molecule has 0 radical (unpaired) electrons. The molecule has 5 rings (SSSR count). The van der Waals surface area contributed by atoms with Crippen LogP contribution in [0.3, 0.4) is 0 Å². The number of aromatic nitrogens is 2. The number of benzene rings is 2. The smallest absolute Gasteiger partial charge is 0.265 e. The van der Waals surface area contributed by atoms with Gasteiger partial charge in [0.25, 0.3) is 5.91 Å². The molecule has 2 N–H and O–H groups in total. The Bertz CT molecular complexity index is 1310. The number of piperazine rings is 1. The van der Waals surface area contributed by atoms with Gasteiger partial charge in [0.2, 0.25) is 5.95 Å². The lowest BCUT2D eigenvalue weighted by Gasteiger charge is -2.33. The van der Waals surface area contributed by atoms with Crippen molar-refractivity contribution in [2.45, 2.75) is 19.9 Å². The molecule has 3 heterocycles. The summed E-state index contributed by atoms with van der Waals surface area (Å²) in [5, 5.41) is 6.11. The van der Waals surface area contributed by atoms with E-state index in [1.807, 2.05) is 4.90 Å². The van der Waals surface area contributed by atoms with E-state index < -0.39 is 17.5 Å². The van der Waals surface area contributed by atoms with Crippen LogP contribution in [-0.2, 0) is 4.79 Å². The lowest BCUT2D eigenvalue weighted by molar-refractivity contribution is -0.121. The van der Waals surface area contributed by atoms with Gasteiger partial charge in [-0.2, -0.15) is 0 Å². The average Bonchev–Trinajstić information content (AvgIpc) is 2.85. The minimum atomic E-state index is -0.778. The second-order valence-electron chi connectivity index (χ2n) is 8.87. The summed E-state index contributed by atoms with van der Waals surface area (Å²) in [5.41, 5.74) is 1.02. The number of hydrogen-bond donors (Lipinski definition) is 2. The molecule has 1 saturated heterocycles. The molecule has 1 aromatic heterocycles. The maximum absolute atomic E-state index is 14.9. The van der Waals surface area contributed by atoms with E-state index in [9.17, 15) is 18.0 Å². The Labute approximate surface area is 206 Å². The van der Waals surface area contributed by atoms with E-state index in [1.54, 1.807) is 26.0 Å². The van der Waals surface area contributed by atoms with Crippen molar-refractivity contribution in [3.63, 3.8) is 0 Å². The van der Waals surface area contributed by atoms with Gasteiger partial charge in [0, 0.05) is 43.5 Å². The van der Waals surface area contributed by atoms with Gasteiger partial charge in [-0.05, 0) is 44.2 Å². The van der Waals surface area contributed by atoms with E-state index >= 15 is 0 Å². The van der Waals surface area contributed by atoms with Gasteiger partial charge in [-0.25, -0.2) is 23.1 Å². The van der Waals surface area contributed by atoms with Crippen LogP contribution >= 0.6 is 0 Å². The topological polar surface area (TPSA) is 82.6 Å². The predicted molar refractivity (Wildman–Crippen MR) is 130 cm³/mol. The van der Waals surface area contributed by atoms with E-state index in [0.29, 0.717) is 24.5 Å². The van der Waals surface area contributed by atoms with Gasteiger partial charge in [0.15, 0.2) is 24.0 Å². The second kappa shape index (κ2) is 9.65. The van der Waals surface area contributed by atoms with Crippen molar-refractivity contribution >= 4 is 28.9 Å². The van der Waals surface area contributed by atoms with Crippen LogP contribution in [-0.4, -0.2) is 54.7 Å². The maximum Gasteiger partial charge on any atom is 0.265 e. The molecule has 2 aromatic carbocycles. The van der Waals surface area contributed by atoms with Crippen molar-refractivity contribution in [3.8, 4) is 17.0 Å². The molecule has 0 atom stereocenters. The molecule has 0 bridgehead atoms. The Morgan fingerprint density at radius 1 is 1.03 bits per heavy atom. The molecule has 188 valence electrons. The van der Waals surface area contributed by atoms with E-state index in [1.165, 1.54) is 17.0 Å². The largest absolute Gasteiger partial charge is 0.478 e. The predicted octanol–water partition coefficient (Wildman–Crippen LogP) is 3.85. The number of nitrogens with zero attached hydrogens (tertiary/aromatic N) is 4. The molecule has 0 spiro atoms. The van der Waals surface area contributed by atoms with Gasteiger partial charge in [0.05, 0.1) is 17.6 Å². The van der Waals surface area contributed by atoms with Crippen molar-refractivity contribution in [2.75, 3.05) is 47.9 Å². The number of ether oxygens (including phenoxy) is 1. The number of anilines is 4. The van der Waals surface area contributed by atoms with Crippen LogP contribution in [0, 0.1) is 17.5 Å². The summed E-state index contributed by atoms with van der Waals surface area (Å²) in [7, 11) is 0. The highest BCUT2D eigenvalue weighted by atomic mass is 19.1. The van der Waals surface area contributed by atoms with Crippen LogP contribution in [0.1, 0.15) is 13.8 Å². The van der Waals surface area contributed by atoms with E-state index in [2.05, 4.69) is 20.6 Å². The molecule has 36 heavy (non-hydrogen) atoms. The van der Waals surface area contributed by atoms with Gasteiger partial charge in [-0.3, -0.25) is 4.79 Å². The molecule has 2 aliphatic heterocycles. The first-order valence-electron chi connectivity index (χ1n) is 11.7. The summed E-state index contributed by atoms with van der Waals surface area (Å²) in [5.74, 6) is -2.31. The van der Waals surface area contributed by atoms with Gasteiger partial charge >= 0.3 is 0 Å². The molecule has 3 aromatic rings. The second-order valence-corrected chi connectivity index (χ2v) is 8.87. The van der Waals surface area contributed by atoms with Crippen molar-refractivity contribution < 1.29 is 22.7 Å². The zero-order valence-corrected chi connectivity index (χ0v) is 19.8. The first-order chi connectivity index (χ1) is 17.3. The fourth-order valence-corrected chi connectivity index (χ4v) is 4.45. The van der Waals surface area contributed by atoms with Crippen LogP contribution in [0.2, 0.25) is 0 Å². The van der Waals surface area contributed by atoms with Crippen molar-refractivity contribution in [1.29, 1.82) is 0 Å². The molecule has 8 nitrogen and oxygen atoms in total. The van der Waals surface area contributed by atoms with E-state index in [4.69, 9.17) is 4.74 Å². The molecule has 0 saturated carbocycles. The summed E-state index contributed by atoms with van der Waals surface area (Å²) in [4.78, 5) is 23.9. The molecule has 1 fully saturated rings. The zero-order valence-electron chi connectivity index (χ0n) is 19.8. The van der Waals surface area contributed by atoms with Crippen LogP contribution in [0.25, 0.3) is 11.3 Å². The van der Waals surface area contributed by atoms with Gasteiger partial charge in [-0.15, -0.1) is 0 Å². The third kappa shape index (κ3) is 4.53. The minimum Gasteiger partial charge on any atom is -0.478 e. The molecule has 0 aliphatic carbocycles. The van der Waals surface area contributed by atoms with Crippen LogP contribution < -0.4 is 25.2 Å². The summed E-state index contributed by atoms with van der Waals surface area (Å²) in [6.07, 6.45) is 0.954. The lowest BCUT2D eigenvalue weighted by Crippen LogP contribution is -2.43. The summed E-state index contributed by atoms with van der Waals surface area (Å²) in [6.45, 7) is 6.28. The lowest BCUT2D eigenvalue weighted by atomic mass is 10.1. The average molecular weight is 499 g/mol. The number of fused-ring (bicyclic) bond motifs is 1. The number of amides is 1. The Morgan fingerprint density at radius 3 is 2.53 bits per heavy atom. The number of halogens is 3. The van der Waals surface area contributed by atoms with Gasteiger partial charge < -0.3 is 25.2 Å². The zero-order chi connectivity index (χ0) is 25.4. The highest BCUT2D eigenvalue weighted by Gasteiger charge is 2.31. The number of hydrogen-bond acceptors (Lipinski definition) is 7. The number of rotatable bonds is 5. The fourth-order valence-electron chi connectivity index (χ4n) is 4.45. The van der Waals surface area contributed by atoms with Crippen LogP contribution in [0.5, 0.6) is 5.75 Å². The molecular weight excluding hydrogens is 473 g/mol. The SMILES string of the molecule is CC(C)N1C(=O)COc2c(F)cc(-c3nc(Nc4ccc(N5CCNCC5)c(F)c4)ncc3F)cc21. The highest BCUT2D eigenvalue weighted by molar-refractivity contribution is 5.99. The molecular formula is C25H25F3N6O2. The number of carbonyl (C=O) groups is 1. The highest BCUT2D eigenvalue weighted by Crippen LogP contribution is 2.39. The van der Waals surface area contributed by atoms with E-state index in [0.717, 1.165) is 25.4 Å². The third-order valence-electron chi connectivity index (χ3n) is 6.09. The fraction of sp³-hybridized carbons (Fsp3) is 0.320. The van der Waals surface area contributed by atoms with Crippen molar-refractivity contribution in [3.05, 3.63) is 54.0 Å². The van der Waals surface area contributed by atoms with Gasteiger partial charge in [0.1, 0.15) is 11.5 Å². The Hall–Kier alpha value is -3.86. The molecule has 1 amide bonds. The number of nitrogens with one attached hydrogen (secondary N) is 2. The normalized spacial score (nSPS) is 15.7. The maximum atomic E-state index is 14.9. The van der Waals surface area contributed by atoms with Crippen molar-refractivity contribution in [2.24, 2.45) is 0 Å². The van der Waals surface area contributed by atoms with Gasteiger partial charge in [-0.1, -0.05) is 0 Å². The quantitative estimate of drug-likeness (QED) is 0.553. The molecule has 0 unspecified atom stereocenters. The monoisotopic (exact) mass is 498 g/mol. The first kappa shape index (κ1) is 23.9. The van der Waals surface area contributed by atoms with E-state index in [-0.39, 0.29) is 47.2 Å². The Balaban J connectivity index is 1.45. The summed E-state index contributed by atoms with van der Waals surface area (Å²) in [6, 6.07) is 6.99. The number of carbonyl (C=O) groups excluding carboxylic acids is 1. The third-order valence-corrected chi connectivity index (χ3v) is 6.09. The van der Waals surface area contributed by atoms with Crippen LogP contribution in [0.15, 0.2) is 36.5 Å². The first-order valence-corrected chi connectivity index (χ1v) is 11.7.